The van der Waals surface area contributed by atoms with Gasteiger partial charge in [0.05, 0.1) is 37.1 Å². The molecular weight excluding hydrogens is 454 g/mol. The van der Waals surface area contributed by atoms with Gasteiger partial charge in [0.15, 0.2) is 0 Å². The summed E-state index contributed by atoms with van der Waals surface area (Å²) in [5.41, 5.74) is 11.0. The van der Waals surface area contributed by atoms with Crippen molar-refractivity contribution in [3.8, 4) is 22.8 Å². The number of nitrogen functional groups attached to an aromatic ring is 1. The Labute approximate surface area is 210 Å². The molecule has 2 aromatic carbocycles. The highest BCUT2D eigenvalue weighted by molar-refractivity contribution is 5.82. The summed E-state index contributed by atoms with van der Waals surface area (Å²) >= 11 is 0. The molecule has 5 rings (SSSR count). The molecule has 0 spiro atoms. The van der Waals surface area contributed by atoms with E-state index >= 15 is 0 Å². The van der Waals surface area contributed by atoms with Gasteiger partial charge in [-0.25, -0.2) is 9.97 Å². The first-order valence-corrected chi connectivity index (χ1v) is 12.1. The molecule has 9 nitrogen and oxygen atoms in total. The number of nitrogens with zero attached hydrogens (tertiary/aromatic N) is 5. The number of ether oxygens (including phenoxy) is 2. The van der Waals surface area contributed by atoms with Crippen LogP contribution in [0.15, 0.2) is 60.9 Å². The molecule has 2 aromatic heterocycles. The van der Waals surface area contributed by atoms with Crippen molar-refractivity contribution in [3.05, 3.63) is 60.9 Å². The quantitative estimate of drug-likeness (QED) is 0.389. The van der Waals surface area contributed by atoms with Crippen molar-refractivity contribution in [2.75, 3.05) is 64.1 Å². The van der Waals surface area contributed by atoms with Crippen LogP contribution in [0.3, 0.4) is 0 Å². The lowest BCUT2D eigenvalue weighted by Gasteiger charge is -2.32. The zero-order valence-electron chi connectivity index (χ0n) is 20.6. The third-order valence-corrected chi connectivity index (χ3v) is 6.42. The Morgan fingerprint density at radius 2 is 1.67 bits per heavy atom. The SMILES string of the molecule is COc1cc(OC)cc(N(CCN2CCNCC2)c2ccc3ncc(-c4ccc(N)nc4)nc3c2)c1. The maximum absolute atomic E-state index is 5.75. The van der Waals surface area contributed by atoms with Crippen molar-refractivity contribution < 1.29 is 9.47 Å². The molecule has 1 aliphatic rings. The average Bonchev–Trinajstić information content (AvgIpc) is 2.93. The van der Waals surface area contributed by atoms with Gasteiger partial charge in [-0.3, -0.25) is 9.88 Å². The molecule has 0 saturated carbocycles. The van der Waals surface area contributed by atoms with Gasteiger partial charge < -0.3 is 25.4 Å². The smallest absolute Gasteiger partial charge is 0.124 e. The second-order valence-electron chi connectivity index (χ2n) is 8.71. The number of hydrogen-bond acceptors (Lipinski definition) is 9. The fraction of sp³-hybridized carbons (Fsp3) is 0.296. The minimum absolute atomic E-state index is 0.476. The summed E-state index contributed by atoms with van der Waals surface area (Å²) in [5.74, 6) is 1.97. The maximum atomic E-state index is 5.75. The number of aromatic nitrogens is 3. The van der Waals surface area contributed by atoms with Gasteiger partial charge in [-0.2, -0.15) is 0 Å². The highest BCUT2D eigenvalue weighted by Gasteiger charge is 2.17. The molecule has 36 heavy (non-hydrogen) atoms. The van der Waals surface area contributed by atoms with Gasteiger partial charge in [-0.05, 0) is 30.3 Å². The summed E-state index contributed by atoms with van der Waals surface area (Å²) in [6, 6.07) is 15.8. The van der Waals surface area contributed by atoms with Gasteiger partial charge in [0.25, 0.3) is 0 Å². The van der Waals surface area contributed by atoms with Crippen molar-refractivity contribution in [1.82, 2.24) is 25.2 Å². The van der Waals surface area contributed by atoms with Crippen LogP contribution in [0.1, 0.15) is 0 Å². The van der Waals surface area contributed by atoms with Crippen LogP contribution in [0.2, 0.25) is 0 Å². The Balaban J connectivity index is 1.53. The molecule has 9 heteroatoms. The van der Waals surface area contributed by atoms with Crippen LogP contribution in [0.25, 0.3) is 22.3 Å². The Morgan fingerprint density at radius 3 is 2.36 bits per heavy atom. The van der Waals surface area contributed by atoms with E-state index in [0.29, 0.717) is 5.82 Å². The van der Waals surface area contributed by atoms with E-state index in [0.717, 1.165) is 84.4 Å². The molecule has 3 N–H and O–H groups in total. The molecule has 186 valence electrons. The summed E-state index contributed by atoms with van der Waals surface area (Å²) < 4.78 is 11.1. The molecule has 0 atom stereocenters. The van der Waals surface area contributed by atoms with E-state index in [-0.39, 0.29) is 0 Å². The number of nitrogens with one attached hydrogen (secondary N) is 1. The molecule has 0 amide bonds. The molecule has 0 aliphatic carbocycles. The molecule has 1 saturated heterocycles. The average molecular weight is 486 g/mol. The Kier molecular flexibility index (Phi) is 7.11. The van der Waals surface area contributed by atoms with Crippen molar-refractivity contribution >= 4 is 28.2 Å². The van der Waals surface area contributed by atoms with E-state index in [4.69, 9.17) is 20.2 Å². The van der Waals surface area contributed by atoms with E-state index in [1.165, 1.54) is 0 Å². The number of hydrogen-bond donors (Lipinski definition) is 2. The molecule has 4 aromatic rings. The predicted molar refractivity (Wildman–Crippen MR) is 143 cm³/mol. The van der Waals surface area contributed by atoms with E-state index < -0.39 is 0 Å². The fourth-order valence-corrected chi connectivity index (χ4v) is 4.40. The summed E-state index contributed by atoms with van der Waals surface area (Å²) in [7, 11) is 3.34. The van der Waals surface area contributed by atoms with Gasteiger partial charge in [-0.1, -0.05) is 0 Å². The second-order valence-corrected chi connectivity index (χ2v) is 8.71. The van der Waals surface area contributed by atoms with Crippen molar-refractivity contribution in [2.24, 2.45) is 0 Å². The minimum atomic E-state index is 0.476. The Hall–Kier alpha value is -3.95. The first kappa shape index (κ1) is 23.8. The number of pyridine rings is 1. The van der Waals surface area contributed by atoms with Crippen LogP contribution >= 0.6 is 0 Å². The van der Waals surface area contributed by atoms with Gasteiger partial charge in [0.2, 0.25) is 0 Å². The molecule has 0 bridgehead atoms. The topological polar surface area (TPSA) is 102 Å². The highest BCUT2D eigenvalue weighted by Crippen LogP contribution is 2.34. The Bertz CT molecular complexity index is 1300. The van der Waals surface area contributed by atoms with Gasteiger partial charge in [-0.15, -0.1) is 0 Å². The molecule has 1 fully saturated rings. The van der Waals surface area contributed by atoms with E-state index in [9.17, 15) is 0 Å². The number of benzene rings is 2. The van der Waals surface area contributed by atoms with Crippen molar-refractivity contribution in [3.63, 3.8) is 0 Å². The molecule has 0 radical (unpaired) electrons. The van der Waals surface area contributed by atoms with Gasteiger partial charge >= 0.3 is 0 Å². The number of piperazine rings is 1. The summed E-state index contributed by atoms with van der Waals surface area (Å²) in [5, 5.41) is 3.42. The number of methoxy groups -OCH3 is 2. The largest absolute Gasteiger partial charge is 0.497 e. The van der Waals surface area contributed by atoms with Crippen LogP contribution in [0, 0.1) is 0 Å². The predicted octanol–water partition coefficient (Wildman–Crippen LogP) is 3.33. The second kappa shape index (κ2) is 10.8. The Morgan fingerprint density at radius 1 is 0.889 bits per heavy atom. The van der Waals surface area contributed by atoms with Crippen molar-refractivity contribution in [2.45, 2.75) is 0 Å². The summed E-state index contributed by atoms with van der Waals surface area (Å²) in [6.45, 7) is 5.84. The lowest BCUT2D eigenvalue weighted by Crippen LogP contribution is -2.45. The zero-order valence-corrected chi connectivity index (χ0v) is 20.6. The fourth-order valence-electron chi connectivity index (χ4n) is 4.40. The molecular formula is C27H31N7O2. The lowest BCUT2D eigenvalue weighted by atomic mass is 10.1. The summed E-state index contributed by atoms with van der Waals surface area (Å²) in [6.07, 6.45) is 3.49. The monoisotopic (exact) mass is 485 g/mol. The van der Waals surface area contributed by atoms with Crippen molar-refractivity contribution in [1.29, 1.82) is 0 Å². The summed E-state index contributed by atoms with van der Waals surface area (Å²) in [4.78, 5) is 18.5. The molecule has 3 heterocycles. The number of anilines is 3. The maximum Gasteiger partial charge on any atom is 0.124 e. The minimum Gasteiger partial charge on any atom is -0.497 e. The van der Waals surface area contributed by atoms with E-state index in [1.54, 1.807) is 32.7 Å². The molecule has 0 unspecified atom stereocenters. The van der Waals surface area contributed by atoms with Crippen LogP contribution in [-0.2, 0) is 0 Å². The van der Waals surface area contributed by atoms with E-state index in [1.807, 2.05) is 30.3 Å². The van der Waals surface area contributed by atoms with Crippen LogP contribution < -0.4 is 25.4 Å². The number of nitrogens with two attached hydrogens (primary N) is 1. The van der Waals surface area contributed by atoms with Gasteiger partial charge in [0, 0.05) is 80.6 Å². The van der Waals surface area contributed by atoms with Crippen LogP contribution in [0.4, 0.5) is 17.2 Å². The standard InChI is InChI=1S/C27H31N7O2/c1-35-22-13-21(14-23(16-22)36-2)34(12-11-33-9-7-29-8-10-33)20-4-5-24-25(15-20)32-26(18-30-24)19-3-6-27(28)31-17-19/h3-6,13-18,29H,7-12H2,1-2H3,(H2,28,31). The van der Waals surface area contributed by atoms with E-state index in [2.05, 4.69) is 37.2 Å². The van der Waals surface area contributed by atoms with Crippen LogP contribution in [-0.4, -0.2) is 73.3 Å². The molecule has 1 aliphatic heterocycles. The third-order valence-electron chi connectivity index (χ3n) is 6.42. The van der Waals surface area contributed by atoms with Crippen LogP contribution in [0.5, 0.6) is 11.5 Å². The van der Waals surface area contributed by atoms with Gasteiger partial charge in [0.1, 0.15) is 17.3 Å². The lowest BCUT2D eigenvalue weighted by molar-refractivity contribution is 0.247. The first-order chi connectivity index (χ1) is 17.6. The normalized spacial score (nSPS) is 14.1. The zero-order chi connectivity index (χ0) is 24.9. The number of fused-ring (bicyclic) bond motifs is 1. The third kappa shape index (κ3) is 5.32. The highest BCUT2D eigenvalue weighted by atomic mass is 16.5. The number of rotatable bonds is 8. The first-order valence-electron chi connectivity index (χ1n) is 12.1.